The third-order valence-electron chi connectivity index (χ3n) is 2.82. The number of benzene rings is 1. The van der Waals surface area contributed by atoms with Gasteiger partial charge in [-0.25, -0.2) is 4.68 Å². The summed E-state index contributed by atoms with van der Waals surface area (Å²) in [6.45, 7) is 4.25. The van der Waals surface area contributed by atoms with E-state index in [2.05, 4.69) is 5.10 Å². The molecule has 2 aromatic rings. The molecule has 0 aliphatic heterocycles. The molecule has 0 fully saturated rings. The summed E-state index contributed by atoms with van der Waals surface area (Å²) in [5.41, 5.74) is 1.48. The lowest BCUT2D eigenvalue weighted by molar-refractivity contribution is 0.338. The first-order valence-electron chi connectivity index (χ1n) is 6.36. The fourth-order valence-corrected chi connectivity index (χ4v) is 1.93. The Hall–Kier alpha value is -2.61. The molecule has 0 aliphatic rings. The second kappa shape index (κ2) is 6.02. The zero-order valence-corrected chi connectivity index (χ0v) is 11.5. The Morgan fingerprint density at radius 1 is 1.40 bits per heavy atom. The quantitative estimate of drug-likeness (QED) is 0.851. The average Bonchev–Trinajstić information content (AvgIpc) is 2.43. The van der Waals surface area contributed by atoms with Gasteiger partial charge in [0, 0.05) is 11.8 Å². The lowest BCUT2D eigenvalue weighted by Crippen LogP contribution is -2.19. The number of nitrogens with zero attached hydrogens (tertiary/aromatic N) is 3. The first kappa shape index (κ1) is 13.8. The summed E-state index contributed by atoms with van der Waals surface area (Å²) in [7, 11) is 0. The summed E-state index contributed by atoms with van der Waals surface area (Å²) in [5.74, 6) is 0.692. The normalized spacial score (nSPS) is 10.1. The molecule has 0 saturated heterocycles. The van der Waals surface area contributed by atoms with Crippen LogP contribution in [-0.4, -0.2) is 16.4 Å². The van der Waals surface area contributed by atoms with Gasteiger partial charge in [-0.15, -0.1) is 0 Å². The molecule has 0 bridgehead atoms. The van der Waals surface area contributed by atoms with Gasteiger partial charge in [0.25, 0.3) is 0 Å². The van der Waals surface area contributed by atoms with E-state index in [1.807, 2.05) is 37.3 Å². The van der Waals surface area contributed by atoms with Crippen LogP contribution in [0.3, 0.4) is 0 Å². The molecule has 5 heteroatoms. The van der Waals surface area contributed by atoms with Crippen LogP contribution in [-0.2, 0) is 6.42 Å². The monoisotopic (exact) mass is 269 g/mol. The zero-order chi connectivity index (χ0) is 14.5. The van der Waals surface area contributed by atoms with Gasteiger partial charge in [0.1, 0.15) is 17.1 Å². The molecule has 0 aliphatic carbocycles. The number of para-hydroxylation sites is 2. The van der Waals surface area contributed by atoms with E-state index in [0.717, 1.165) is 5.69 Å². The summed E-state index contributed by atoms with van der Waals surface area (Å²) in [6, 6.07) is 10.9. The Balaban J connectivity index is 2.61. The molecule has 0 unspecified atom stereocenters. The SMILES string of the molecule is CCOc1ccccc1-n1nc(CC#N)c(=O)cc1C. The predicted molar refractivity (Wildman–Crippen MR) is 75.1 cm³/mol. The molecule has 0 N–H and O–H groups in total. The number of ether oxygens (including phenoxy) is 1. The van der Waals surface area contributed by atoms with Crippen molar-refractivity contribution in [3.63, 3.8) is 0 Å². The maximum absolute atomic E-state index is 11.8. The molecular weight excluding hydrogens is 254 g/mol. The van der Waals surface area contributed by atoms with Crippen molar-refractivity contribution in [2.24, 2.45) is 0 Å². The Morgan fingerprint density at radius 3 is 2.85 bits per heavy atom. The first-order chi connectivity index (χ1) is 9.67. The van der Waals surface area contributed by atoms with Gasteiger partial charge < -0.3 is 4.74 Å². The van der Waals surface area contributed by atoms with E-state index in [1.165, 1.54) is 6.07 Å². The maximum Gasteiger partial charge on any atom is 0.204 e. The Bertz CT molecular complexity index is 714. The summed E-state index contributed by atoms with van der Waals surface area (Å²) in [4.78, 5) is 11.8. The van der Waals surface area contributed by atoms with Crippen LogP contribution in [0.1, 0.15) is 18.3 Å². The second-order valence-corrected chi connectivity index (χ2v) is 4.24. The van der Waals surface area contributed by atoms with E-state index in [1.54, 1.807) is 11.6 Å². The van der Waals surface area contributed by atoms with Crippen molar-refractivity contribution < 1.29 is 4.74 Å². The fourth-order valence-electron chi connectivity index (χ4n) is 1.93. The van der Waals surface area contributed by atoms with E-state index in [0.29, 0.717) is 18.1 Å². The highest BCUT2D eigenvalue weighted by Gasteiger charge is 2.11. The van der Waals surface area contributed by atoms with Gasteiger partial charge in [0.2, 0.25) is 5.43 Å². The molecule has 0 radical (unpaired) electrons. The van der Waals surface area contributed by atoms with E-state index in [4.69, 9.17) is 10.00 Å². The predicted octanol–water partition coefficient (Wildman–Crippen LogP) is 2.01. The fraction of sp³-hybridized carbons (Fsp3) is 0.267. The molecule has 20 heavy (non-hydrogen) atoms. The van der Waals surface area contributed by atoms with Gasteiger partial charge in [0.05, 0.1) is 19.1 Å². The summed E-state index contributed by atoms with van der Waals surface area (Å²) >= 11 is 0. The summed E-state index contributed by atoms with van der Waals surface area (Å²) in [6.07, 6.45) is -0.00405. The van der Waals surface area contributed by atoms with E-state index < -0.39 is 0 Å². The molecule has 0 atom stereocenters. The van der Waals surface area contributed by atoms with Gasteiger partial charge in [-0.05, 0) is 26.0 Å². The van der Waals surface area contributed by atoms with Crippen LogP contribution in [0.25, 0.3) is 5.69 Å². The number of hydrogen-bond acceptors (Lipinski definition) is 4. The van der Waals surface area contributed by atoms with E-state index >= 15 is 0 Å². The van der Waals surface area contributed by atoms with E-state index in [9.17, 15) is 4.79 Å². The van der Waals surface area contributed by atoms with Crippen molar-refractivity contribution in [3.05, 3.63) is 51.9 Å². The minimum absolute atomic E-state index is 0.00405. The average molecular weight is 269 g/mol. The van der Waals surface area contributed by atoms with Crippen LogP contribution < -0.4 is 10.2 Å². The number of nitriles is 1. The van der Waals surface area contributed by atoms with Crippen LogP contribution in [0.5, 0.6) is 5.75 Å². The Labute approximate surface area is 117 Å². The topological polar surface area (TPSA) is 67.9 Å². The largest absolute Gasteiger partial charge is 0.492 e. The van der Waals surface area contributed by atoms with E-state index in [-0.39, 0.29) is 17.5 Å². The highest BCUT2D eigenvalue weighted by atomic mass is 16.5. The minimum Gasteiger partial charge on any atom is -0.492 e. The lowest BCUT2D eigenvalue weighted by Gasteiger charge is -2.14. The highest BCUT2D eigenvalue weighted by molar-refractivity contribution is 5.46. The summed E-state index contributed by atoms with van der Waals surface area (Å²) < 4.78 is 7.21. The number of aromatic nitrogens is 2. The molecule has 1 aromatic heterocycles. The summed E-state index contributed by atoms with van der Waals surface area (Å²) in [5, 5.41) is 13.0. The zero-order valence-electron chi connectivity index (χ0n) is 11.5. The van der Waals surface area contributed by atoms with Crippen molar-refractivity contribution in [2.45, 2.75) is 20.3 Å². The van der Waals surface area contributed by atoms with Crippen LogP contribution in [0, 0.1) is 18.3 Å². The lowest BCUT2D eigenvalue weighted by atomic mass is 10.2. The van der Waals surface area contributed by atoms with Crippen molar-refractivity contribution in [1.82, 2.24) is 9.78 Å². The van der Waals surface area contributed by atoms with Crippen LogP contribution >= 0.6 is 0 Å². The number of hydrogen-bond donors (Lipinski definition) is 0. The third-order valence-corrected chi connectivity index (χ3v) is 2.82. The van der Waals surface area contributed by atoms with Crippen molar-refractivity contribution >= 4 is 0 Å². The van der Waals surface area contributed by atoms with Crippen LogP contribution in [0.2, 0.25) is 0 Å². The van der Waals surface area contributed by atoms with Crippen LogP contribution in [0.15, 0.2) is 35.1 Å². The van der Waals surface area contributed by atoms with Gasteiger partial charge in [-0.2, -0.15) is 10.4 Å². The molecule has 5 nitrogen and oxygen atoms in total. The second-order valence-electron chi connectivity index (χ2n) is 4.24. The molecule has 2 rings (SSSR count). The molecular formula is C15H15N3O2. The van der Waals surface area contributed by atoms with Gasteiger partial charge >= 0.3 is 0 Å². The molecule has 102 valence electrons. The molecule has 0 spiro atoms. The third kappa shape index (κ3) is 2.69. The Morgan fingerprint density at radius 2 is 2.15 bits per heavy atom. The highest BCUT2D eigenvalue weighted by Crippen LogP contribution is 2.22. The van der Waals surface area contributed by atoms with Crippen LogP contribution in [0.4, 0.5) is 0 Å². The smallest absolute Gasteiger partial charge is 0.204 e. The van der Waals surface area contributed by atoms with Gasteiger partial charge in [0.15, 0.2) is 0 Å². The van der Waals surface area contributed by atoms with Crippen molar-refractivity contribution in [2.75, 3.05) is 6.61 Å². The van der Waals surface area contributed by atoms with Gasteiger partial charge in [-0.3, -0.25) is 4.79 Å². The first-order valence-corrected chi connectivity index (χ1v) is 6.36. The van der Waals surface area contributed by atoms with Crippen molar-refractivity contribution in [1.29, 1.82) is 5.26 Å². The Kier molecular flexibility index (Phi) is 4.16. The number of aryl methyl sites for hydroxylation is 1. The van der Waals surface area contributed by atoms with Crippen molar-refractivity contribution in [3.8, 4) is 17.5 Å². The molecule has 1 aromatic carbocycles. The van der Waals surface area contributed by atoms with Gasteiger partial charge in [-0.1, -0.05) is 12.1 Å². The molecule has 0 saturated carbocycles. The molecule has 1 heterocycles. The standard InChI is InChI=1S/C15H15N3O2/c1-3-20-15-7-5-4-6-13(15)18-11(2)10-14(19)12(17-18)8-9-16/h4-7,10H,3,8H2,1-2H3. The number of rotatable bonds is 4. The minimum atomic E-state index is -0.214. The maximum atomic E-state index is 11.8. The molecule has 0 amide bonds.